The molecule has 0 amide bonds. The van der Waals surface area contributed by atoms with E-state index < -0.39 is 11.2 Å². The van der Waals surface area contributed by atoms with Crippen molar-refractivity contribution < 1.29 is 9.76 Å². The van der Waals surface area contributed by atoms with Gasteiger partial charge in [0.25, 0.3) is 0 Å². The molecule has 1 N–H and O–H groups in total. The van der Waals surface area contributed by atoms with E-state index in [2.05, 4.69) is 57.2 Å². The van der Waals surface area contributed by atoms with Gasteiger partial charge in [-0.05, 0) is 55.5 Å². The van der Waals surface area contributed by atoms with E-state index in [-0.39, 0.29) is 5.41 Å². The first-order valence-corrected chi connectivity index (χ1v) is 11.3. The lowest BCUT2D eigenvalue weighted by atomic mass is 9.82. The Morgan fingerprint density at radius 2 is 1.63 bits per heavy atom. The minimum atomic E-state index is -0.911. The van der Waals surface area contributed by atoms with Crippen molar-refractivity contribution >= 4 is 55.4 Å². The fraction of sp³-hybridized carbons (Fsp3) is 0.400. The third-order valence-corrected chi connectivity index (χ3v) is 7.47. The van der Waals surface area contributed by atoms with Crippen molar-refractivity contribution in [3.63, 3.8) is 0 Å². The summed E-state index contributed by atoms with van der Waals surface area (Å²) in [6.45, 7) is 14.1. The zero-order valence-electron chi connectivity index (χ0n) is 19.0. The Bertz CT molecular complexity index is 1250. The fourth-order valence-corrected chi connectivity index (χ4v) is 4.66. The van der Waals surface area contributed by atoms with Gasteiger partial charge in [-0.1, -0.05) is 56.6 Å². The summed E-state index contributed by atoms with van der Waals surface area (Å²) in [6, 6.07) is 13.2. The van der Waals surface area contributed by atoms with Gasteiger partial charge in [0, 0.05) is 16.3 Å². The Morgan fingerprint density at radius 3 is 2.30 bits per heavy atom. The zero-order chi connectivity index (χ0) is 21.9. The van der Waals surface area contributed by atoms with Crippen molar-refractivity contribution in [3.05, 3.63) is 48.2 Å². The maximum absolute atomic E-state index is 10.3. The van der Waals surface area contributed by atoms with Crippen molar-refractivity contribution in [2.24, 2.45) is 0 Å². The van der Waals surface area contributed by atoms with E-state index in [1.807, 2.05) is 31.4 Å². The number of nitrogens with zero attached hydrogens (tertiary/aromatic N) is 1. The Morgan fingerprint density at radius 1 is 0.933 bits per heavy atom. The number of pyridine rings is 1. The van der Waals surface area contributed by atoms with E-state index in [0.29, 0.717) is 7.48 Å². The molecular formula is C25H30BNO2S. The van der Waals surface area contributed by atoms with E-state index in [9.17, 15) is 5.11 Å². The Hall–Kier alpha value is -1.95. The number of hydrogen-bond donors (Lipinski definition) is 1. The summed E-state index contributed by atoms with van der Waals surface area (Å²) in [5.74, 6) is 0. The van der Waals surface area contributed by atoms with E-state index in [1.54, 1.807) is 13.8 Å². The quantitative estimate of drug-likeness (QED) is 0.448. The molecule has 0 atom stereocenters. The van der Waals surface area contributed by atoms with Crippen LogP contribution >= 0.6 is 11.3 Å². The predicted molar refractivity (Wildman–Crippen MR) is 132 cm³/mol. The molecule has 0 fully saturated rings. The zero-order valence-corrected chi connectivity index (χ0v) is 19.8. The molecule has 5 heteroatoms. The van der Waals surface area contributed by atoms with Gasteiger partial charge < -0.3 is 9.76 Å². The highest BCUT2D eigenvalue weighted by Crippen LogP contribution is 2.38. The van der Waals surface area contributed by atoms with E-state index >= 15 is 0 Å². The molecule has 0 saturated carbocycles. The van der Waals surface area contributed by atoms with Crippen molar-refractivity contribution in [3.8, 4) is 0 Å². The summed E-state index contributed by atoms with van der Waals surface area (Å²) >= 11 is 1.82. The van der Waals surface area contributed by atoms with Gasteiger partial charge >= 0.3 is 7.48 Å². The highest BCUT2D eigenvalue weighted by Gasteiger charge is 2.35. The molecule has 0 unspecified atom stereocenters. The molecule has 0 spiro atoms. The first-order chi connectivity index (χ1) is 13.9. The lowest BCUT2D eigenvalue weighted by Gasteiger charge is -2.37. The summed E-state index contributed by atoms with van der Waals surface area (Å²) in [5, 5.41) is 14.0. The summed E-state index contributed by atoms with van der Waals surface area (Å²) in [5.41, 5.74) is 2.00. The second-order valence-electron chi connectivity index (χ2n) is 10.3. The van der Waals surface area contributed by atoms with Crippen molar-refractivity contribution in [1.82, 2.24) is 4.98 Å². The molecule has 30 heavy (non-hydrogen) atoms. The van der Waals surface area contributed by atoms with Gasteiger partial charge in [-0.15, -0.1) is 11.3 Å². The number of fused-ring (bicyclic) bond motifs is 5. The molecular weight excluding hydrogens is 389 g/mol. The van der Waals surface area contributed by atoms with Crippen LogP contribution in [-0.4, -0.2) is 28.8 Å². The SMILES string of the molecule is CC(C)(C)c1cnc2c(c1)sc1c3ccc(BOC(C)(C)C(C)(C)O)cc3ccc21. The van der Waals surface area contributed by atoms with Crippen molar-refractivity contribution in [2.45, 2.75) is 65.1 Å². The smallest absolute Gasteiger partial charge is 0.309 e. The number of aliphatic hydroxyl groups is 1. The molecule has 0 bridgehead atoms. The van der Waals surface area contributed by atoms with Gasteiger partial charge in [-0.3, -0.25) is 4.98 Å². The highest BCUT2D eigenvalue weighted by atomic mass is 32.1. The molecule has 4 rings (SSSR count). The maximum atomic E-state index is 10.3. The largest absolute Gasteiger partial charge is 0.427 e. The Balaban J connectivity index is 1.73. The highest BCUT2D eigenvalue weighted by molar-refractivity contribution is 7.26. The number of hydrogen-bond acceptors (Lipinski definition) is 4. The maximum Gasteiger partial charge on any atom is 0.309 e. The molecule has 4 aromatic rings. The standard InChI is InChI=1S/C25H30BNO2S/c1-23(2,3)16-13-20-21(27-14-16)19-10-8-15-12-17(9-11-18(15)22(19)30-20)26-29-25(6,7)24(4,5)28/h8-14,26,28H,1-7H3. The van der Waals surface area contributed by atoms with Crippen molar-refractivity contribution in [2.75, 3.05) is 0 Å². The average Bonchev–Trinajstić information content (AvgIpc) is 3.02. The topological polar surface area (TPSA) is 42.4 Å². The molecule has 2 aromatic carbocycles. The van der Waals surface area contributed by atoms with Gasteiger partial charge in [0.2, 0.25) is 0 Å². The van der Waals surface area contributed by atoms with Crippen LogP contribution in [0.25, 0.3) is 31.1 Å². The van der Waals surface area contributed by atoms with Gasteiger partial charge in [0.05, 0.1) is 21.4 Å². The molecule has 156 valence electrons. The fourth-order valence-electron chi connectivity index (χ4n) is 3.42. The molecule has 0 saturated heterocycles. The summed E-state index contributed by atoms with van der Waals surface area (Å²) in [6.07, 6.45) is 2.02. The summed E-state index contributed by atoms with van der Waals surface area (Å²) in [7, 11) is 0.466. The molecule has 2 heterocycles. The number of rotatable bonds is 4. The van der Waals surface area contributed by atoms with Gasteiger partial charge in [-0.2, -0.15) is 0 Å². The lowest BCUT2D eigenvalue weighted by Crippen LogP contribution is -2.49. The minimum Gasteiger partial charge on any atom is -0.427 e. The van der Waals surface area contributed by atoms with E-state index in [1.165, 1.54) is 31.1 Å². The van der Waals surface area contributed by atoms with E-state index in [0.717, 1.165) is 11.0 Å². The predicted octanol–water partition coefficient (Wildman–Crippen LogP) is 5.44. The van der Waals surface area contributed by atoms with Crippen LogP contribution in [0.3, 0.4) is 0 Å². The Kier molecular flexibility index (Phi) is 5.00. The Labute approximate surface area is 183 Å². The summed E-state index contributed by atoms with van der Waals surface area (Å²) < 4.78 is 8.57. The van der Waals surface area contributed by atoms with Crippen LogP contribution in [0.2, 0.25) is 0 Å². The van der Waals surface area contributed by atoms with Gasteiger partial charge in [0.15, 0.2) is 0 Å². The van der Waals surface area contributed by atoms with Gasteiger partial charge in [0.1, 0.15) is 0 Å². The van der Waals surface area contributed by atoms with Gasteiger partial charge in [-0.25, -0.2) is 0 Å². The monoisotopic (exact) mass is 419 g/mol. The second kappa shape index (κ2) is 7.05. The van der Waals surface area contributed by atoms with Crippen LogP contribution in [0.4, 0.5) is 0 Å². The third-order valence-electron chi connectivity index (χ3n) is 6.29. The van der Waals surface area contributed by atoms with Crippen LogP contribution in [0.1, 0.15) is 54.0 Å². The molecule has 0 radical (unpaired) electrons. The molecule has 3 nitrogen and oxygen atoms in total. The first kappa shape index (κ1) is 21.3. The van der Waals surface area contributed by atoms with Crippen LogP contribution in [0.15, 0.2) is 42.6 Å². The van der Waals surface area contributed by atoms with Crippen LogP contribution in [0, 0.1) is 0 Å². The minimum absolute atomic E-state index is 0.0885. The number of thiophene rings is 1. The van der Waals surface area contributed by atoms with Crippen LogP contribution < -0.4 is 5.46 Å². The number of benzene rings is 2. The lowest BCUT2D eigenvalue weighted by molar-refractivity contribution is -0.0893. The molecule has 2 aromatic heterocycles. The summed E-state index contributed by atoms with van der Waals surface area (Å²) in [4.78, 5) is 4.81. The van der Waals surface area contributed by atoms with Crippen molar-refractivity contribution in [1.29, 1.82) is 0 Å². The molecule has 0 aliphatic carbocycles. The molecule has 0 aliphatic heterocycles. The van der Waals surface area contributed by atoms with E-state index in [4.69, 9.17) is 9.64 Å². The normalized spacial score (nSPS) is 13.5. The van der Waals surface area contributed by atoms with Crippen LogP contribution in [0.5, 0.6) is 0 Å². The third kappa shape index (κ3) is 3.75. The number of aromatic nitrogens is 1. The average molecular weight is 419 g/mol. The van der Waals surface area contributed by atoms with Crippen LogP contribution in [-0.2, 0) is 10.1 Å². The first-order valence-electron chi connectivity index (χ1n) is 10.5. The second-order valence-corrected chi connectivity index (χ2v) is 11.3. The molecule has 0 aliphatic rings.